The van der Waals surface area contributed by atoms with Gasteiger partial charge in [-0.3, -0.25) is 9.52 Å². The minimum Gasteiger partial charge on any atom is -0.390 e. The highest BCUT2D eigenvalue weighted by molar-refractivity contribution is 7.97. The van der Waals surface area contributed by atoms with Crippen molar-refractivity contribution >= 4 is 34.2 Å². The maximum atomic E-state index is 11.9. The third-order valence-electron chi connectivity index (χ3n) is 2.86. The van der Waals surface area contributed by atoms with Gasteiger partial charge in [-0.15, -0.1) is 11.3 Å². The van der Waals surface area contributed by atoms with Crippen molar-refractivity contribution in [3.8, 4) is 10.4 Å². The monoisotopic (exact) mass is 292 g/mol. The summed E-state index contributed by atoms with van der Waals surface area (Å²) in [6, 6.07) is 10.1. The molecule has 0 unspecified atom stereocenters. The molecule has 0 saturated heterocycles. The Labute approximate surface area is 121 Å². The van der Waals surface area contributed by atoms with Crippen molar-refractivity contribution in [2.45, 2.75) is 13.3 Å². The van der Waals surface area contributed by atoms with Crippen LogP contribution in [0.5, 0.6) is 0 Å². The smallest absolute Gasteiger partial charge is 0.264 e. The van der Waals surface area contributed by atoms with Gasteiger partial charge >= 0.3 is 0 Å². The average molecular weight is 292 g/mol. The van der Waals surface area contributed by atoms with Gasteiger partial charge in [0.05, 0.1) is 10.6 Å². The van der Waals surface area contributed by atoms with Crippen molar-refractivity contribution in [1.29, 1.82) is 0 Å². The summed E-state index contributed by atoms with van der Waals surface area (Å²) in [4.78, 5) is 12.9. The Balaban J connectivity index is 2.42. The summed E-state index contributed by atoms with van der Waals surface area (Å²) in [6.07, 6.45) is 2.77. The van der Waals surface area contributed by atoms with Gasteiger partial charge in [0.1, 0.15) is 0 Å². The second-order valence-electron chi connectivity index (χ2n) is 4.03. The number of thiophene rings is 1. The molecule has 0 bridgehead atoms. The van der Waals surface area contributed by atoms with Crippen LogP contribution in [0.15, 0.2) is 30.3 Å². The van der Waals surface area contributed by atoms with E-state index in [1.54, 1.807) is 0 Å². The molecule has 5 heteroatoms. The summed E-state index contributed by atoms with van der Waals surface area (Å²) in [7, 11) is 0. The van der Waals surface area contributed by atoms with Crippen LogP contribution in [0.2, 0.25) is 0 Å². The largest absolute Gasteiger partial charge is 0.390 e. The van der Waals surface area contributed by atoms with Crippen LogP contribution in [-0.2, 0) is 6.42 Å². The van der Waals surface area contributed by atoms with E-state index in [1.165, 1.54) is 28.8 Å². The summed E-state index contributed by atoms with van der Waals surface area (Å²) in [5, 5.41) is 0.562. The quantitative estimate of drug-likeness (QED) is 0.847. The standard InChI is InChI=1S/C14H16N2OS2/c1-3-9-6-4-5-7-10(9)12-8-11(13(15)19-12)14(17)16-18-2/h4-8H,3,15H2,1-2H3,(H,16,17). The van der Waals surface area contributed by atoms with Crippen molar-refractivity contribution in [3.63, 3.8) is 0 Å². The molecule has 1 aromatic carbocycles. The van der Waals surface area contributed by atoms with E-state index in [0.29, 0.717) is 10.6 Å². The molecule has 1 aromatic heterocycles. The SMILES string of the molecule is CCc1ccccc1-c1cc(C(=O)NSC)c(N)s1. The maximum Gasteiger partial charge on any atom is 0.264 e. The van der Waals surface area contributed by atoms with Gasteiger partial charge in [0, 0.05) is 11.1 Å². The van der Waals surface area contributed by atoms with Gasteiger partial charge in [-0.05, 0) is 23.6 Å². The molecular formula is C14H16N2OS2. The predicted octanol–water partition coefficient (Wildman–Crippen LogP) is 3.57. The molecule has 19 heavy (non-hydrogen) atoms. The summed E-state index contributed by atoms with van der Waals surface area (Å²) < 4.78 is 2.70. The molecule has 3 nitrogen and oxygen atoms in total. The minimum atomic E-state index is -0.138. The lowest BCUT2D eigenvalue weighted by Crippen LogP contribution is -2.15. The molecule has 1 amide bonds. The van der Waals surface area contributed by atoms with Crippen LogP contribution < -0.4 is 10.5 Å². The molecule has 100 valence electrons. The van der Waals surface area contributed by atoms with E-state index < -0.39 is 0 Å². The number of amides is 1. The lowest BCUT2D eigenvalue weighted by molar-refractivity contribution is 0.0986. The molecule has 1 heterocycles. The number of nitrogens with one attached hydrogen (secondary N) is 1. The summed E-state index contributed by atoms with van der Waals surface area (Å²) in [5.74, 6) is -0.138. The number of hydrogen-bond acceptors (Lipinski definition) is 4. The molecule has 0 saturated carbocycles. The average Bonchev–Trinajstić information content (AvgIpc) is 2.81. The zero-order valence-electron chi connectivity index (χ0n) is 10.9. The van der Waals surface area contributed by atoms with Gasteiger partial charge in [0.15, 0.2) is 0 Å². The Bertz CT molecular complexity index is 593. The van der Waals surface area contributed by atoms with Crippen molar-refractivity contribution in [2.75, 3.05) is 12.0 Å². The first-order valence-electron chi connectivity index (χ1n) is 5.98. The van der Waals surface area contributed by atoms with E-state index in [0.717, 1.165) is 16.9 Å². The molecule has 0 fully saturated rings. The van der Waals surface area contributed by atoms with E-state index in [9.17, 15) is 4.79 Å². The van der Waals surface area contributed by atoms with Crippen molar-refractivity contribution in [3.05, 3.63) is 41.5 Å². The van der Waals surface area contributed by atoms with Crippen LogP contribution >= 0.6 is 23.3 Å². The Morgan fingerprint density at radius 1 is 1.42 bits per heavy atom. The number of nitrogens with two attached hydrogens (primary N) is 1. The van der Waals surface area contributed by atoms with Gasteiger partial charge < -0.3 is 5.73 Å². The molecule has 0 aliphatic carbocycles. The number of nitrogen functional groups attached to an aromatic ring is 1. The van der Waals surface area contributed by atoms with Gasteiger partial charge in [-0.2, -0.15) is 0 Å². The van der Waals surface area contributed by atoms with Crippen LogP contribution in [0.1, 0.15) is 22.8 Å². The number of aryl methyl sites for hydroxylation is 1. The van der Waals surface area contributed by atoms with E-state index in [2.05, 4.69) is 23.8 Å². The molecule has 0 aliphatic rings. The van der Waals surface area contributed by atoms with Crippen molar-refractivity contribution < 1.29 is 4.79 Å². The molecule has 0 aliphatic heterocycles. The van der Waals surface area contributed by atoms with Gasteiger partial charge in [-0.25, -0.2) is 0 Å². The van der Waals surface area contributed by atoms with E-state index in [4.69, 9.17) is 5.73 Å². The first kappa shape index (κ1) is 14.0. The number of benzene rings is 1. The number of hydrogen-bond donors (Lipinski definition) is 2. The zero-order chi connectivity index (χ0) is 13.8. The molecule has 2 rings (SSSR count). The first-order valence-corrected chi connectivity index (χ1v) is 8.02. The number of rotatable bonds is 4. The van der Waals surface area contributed by atoms with E-state index in [1.807, 2.05) is 24.5 Å². The van der Waals surface area contributed by atoms with Crippen molar-refractivity contribution in [2.24, 2.45) is 0 Å². The minimum absolute atomic E-state index is 0.138. The second-order valence-corrected chi connectivity index (χ2v) is 5.73. The number of anilines is 1. The summed E-state index contributed by atoms with van der Waals surface area (Å²) in [5.41, 5.74) is 8.93. The topological polar surface area (TPSA) is 55.1 Å². The maximum absolute atomic E-state index is 11.9. The molecular weight excluding hydrogens is 276 g/mol. The van der Waals surface area contributed by atoms with Crippen LogP contribution in [-0.4, -0.2) is 12.2 Å². The predicted molar refractivity (Wildman–Crippen MR) is 84.5 cm³/mol. The van der Waals surface area contributed by atoms with E-state index >= 15 is 0 Å². The third kappa shape index (κ3) is 2.93. The van der Waals surface area contributed by atoms with Crippen LogP contribution in [0.3, 0.4) is 0 Å². The Hall–Kier alpha value is -1.46. The number of carbonyl (C=O) groups excluding carboxylic acids is 1. The lowest BCUT2D eigenvalue weighted by atomic mass is 10.0. The van der Waals surface area contributed by atoms with Gasteiger partial charge in [0.25, 0.3) is 5.91 Å². The summed E-state index contributed by atoms with van der Waals surface area (Å²) >= 11 is 2.73. The molecule has 3 N–H and O–H groups in total. The third-order valence-corrected chi connectivity index (χ3v) is 4.25. The normalized spacial score (nSPS) is 10.4. The fraction of sp³-hybridized carbons (Fsp3) is 0.214. The van der Waals surface area contributed by atoms with Crippen LogP contribution in [0.25, 0.3) is 10.4 Å². The second kappa shape index (κ2) is 6.12. The van der Waals surface area contributed by atoms with E-state index in [-0.39, 0.29) is 5.91 Å². The molecule has 0 radical (unpaired) electrons. The fourth-order valence-electron chi connectivity index (χ4n) is 1.93. The Morgan fingerprint density at radius 3 is 2.84 bits per heavy atom. The molecule has 2 aromatic rings. The highest BCUT2D eigenvalue weighted by Gasteiger charge is 2.15. The zero-order valence-corrected chi connectivity index (χ0v) is 12.5. The summed E-state index contributed by atoms with van der Waals surface area (Å²) in [6.45, 7) is 2.12. The lowest BCUT2D eigenvalue weighted by Gasteiger charge is -2.04. The van der Waals surface area contributed by atoms with Crippen LogP contribution in [0, 0.1) is 0 Å². The Kier molecular flexibility index (Phi) is 4.50. The molecule has 0 atom stereocenters. The van der Waals surface area contributed by atoms with Crippen LogP contribution in [0.4, 0.5) is 5.00 Å². The highest BCUT2D eigenvalue weighted by atomic mass is 32.2. The van der Waals surface area contributed by atoms with Gasteiger partial charge in [0.2, 0.25) is 0 Å². The number of carbonyl (C=O) groups is 1. The fourth-order valence-corrected chi connectivity index (χ4v) is 3.21. The molecule has 0 spiro atoms. The highest BCUT2D eigenvalue weighted by Crippen LogP contribution is 2.35. The van der Waals surface area contributed by atoms with Gasteiger partial charge in [-0.1, -0.05) is 43.1 Å². The van der Waals surface area contributed by atoms with Crippen molar-refractivity contribution in [1.82, 2.24) is 4.72 Å². The first-order chi connectivity index (χ1) is 9.17. The Morgan fingerprint density at radius 2 is 2.16 bits per heavy atom.